The molecule has 0 saturated heterocycles. The number of nitrogens with zero attached hydrogens (tertiary/aromatic N) is 2. The first-order valence-corrected chi connectivity index (χ1v) is 10.7. The fraction of sp³-hybridized carbons (Fsp3) is 0.652. The molecular formula is C23H37N3O2. The van der Waals surface area contributed by atoms with Crippen molar-refractivity contribution in [1.82, 2.24) is 4.90 Å². The van der Waals surface area contributed by atoms with Gasteiger partial charge in [-0.2, -0.15) is 0 Å². The van der Waals surface area contributed by atoms with Crippen LogP contribution in [0.3, 0.4) is 0 Å². The minimum absolute atomic E-state index is 0.0688. The highest BCUT2D eigenvalue weighted by molar-refractivity contribution is 5.94. The number of hydrogen-bond acceptors (Lipinski definition) is 3. The van der Waals surface area contributed by atoms with E-state index in [4.69, 9.17) is 0 Å². The zero-order valence-electron chi connectivity index (χ0n) is 18.4. The van der Waals surface area contributed by atoms with E-state index in [0.29, 0.717) is 12.5 Å². The van der Waals surface area contributed by atoms with Crippen molar-refractivity contribution >= 4 is 23.2 Å². The van der Waals surface area contributed by atoms with Gasteiger partial charge in [0.15, 0.2) is 0 Å². The second kappa shape index (κ2) is 9.94. The van der Waals surface area contributed by atoms with Crippen LogP contribution in [0.1, 0.15) is 58.9 Å². The molecule has 0 heterocycles. The highest BCUT2D eigenvalue weighted by Crippen LogP contribution is 2.31. The predicted octanol–water partition coefficient (Wildman–Crippen LogP) is 4.52. The van der Waals surface area contributed by atoms with Crippen LogP contribution in [0.5, 0.6) is 0 Å². The Morgan fingerprint density at radius 2 is 1.79 bits per heavy atom. The van der Waals surface area contributed by atoms with Crippen molar-refractivity contribution in [2.45, 2.75) is 59.9 Å². The molecule has 2 rings (SSSR count). The minimum Gasteiger partial charge on any atom is -0.377 e. The van der Waals surface area contributed by atoms with E-state index in [-0.39, 0.29) is 23.7 Å². The van der Waals surface area contributed by atoms with Crippen LogP contribution in [0.15, 0.2) is 18.2 Å². The van der Waals surface area contributed by atoms with Gasteiger partial charge in [0.1, 0.15) is 0 Å². The molecule has 1 aromatic rings. The van der Waals surface area contributed by atoms with Gasteiger partial charge in [-0.15, -0.1) is 0 Å². The SMILES string of the molecule is CCC(CC)C(=O)N(Cc1cc(NC(=O)C2CC2)ccc1N(C)C)CC(C)C. The predicted molar refractivity (Wildman–Crippen MR) is 116 cm³/mol. The topological polar surface area (TPSA) is 52.7 Å². The lowest BCUT2D eigenvalue weighted by atomic mass is 10.00. The average molecular weight is 388 g/mol. The Morgan fingerprint density at radius 1 is 1.14 bits per heavy atom. The lowest BCUT2D eigenvalue weighted by molar-refractivity contribution is -0.137. The minimum atomic E-state index is 0.0688. The molecule has 1 saturated carbocycles. The zero-order chi connectivity index (χ0) is 20.8. The summed E-state index contributed by atoms with van der Waals surface area (Å²) < 4.78 is 0. The Bertz CT molecular complexity index is 676. The second-order valence-electron chi connectivity index (χ2n) is 8.63. The molecule has 1 fully saturated rings. The largest absolute Gasteiger partial charge is 0.377 e. The van der Waals surface area contributed by atoms with Gasteiger partial charge in [-0.25, -0.2) is 0 Å². The van der Waals surface area contributed by atoms with E-state index < -0.39 is 0 Å². The molecule has 0 aliphatic heterocycles. The molecule has 0 aromatic heterocycles. The summed E-state index contributed by atoms with van der Waals surface area (Å²) in [5, 5.41) is 3.04. The monoisotopic (exact) mass is 387 g/mol. The van der Waals surface area contributed by atoms with E-state index in [1.165, 1.54) is 0 Å². The summed E-state index contributed by atoms with van der Waals surface area (Å²) in [6.07, 6.45) is 3.70. The lowest BCUT2D eigenvalue weighted by Gasteiger charge is -2.30. The van der Waals surface area contributed by atoms with Crippen molar-refractivity contribution in [2.24, 2.45) is 17.8 Å². The lowest BCUT2D eigenvalue weighted by Crippen LogP contribution is -2.38. The third kappa shape index (κ3) is 5.98. The third-order valence-corrected chi connectivity index (χ3v) is 5.37. The van der Waals surface area contributed by atoms with Crippen LogP contribution in [0.2, 0.25) is 0 Å². The van der Waals surface area contributed by atoms with Crippen molar-refractivity contribution in [1.29, 1.82) is 0 Å². The van der Waals surface area contributed by atoms with Crippen LogP contribution in [-0.2, 0) is 16.1 Å². The van der Waals surface area contributed by atoms with Crippen LogP contribution >= 0.6 is 0 Å². The number of carbonyl (C=O) groups excluding carboxylic acids is 2. The molecular weight excluding hydrogens is 350 g/mol. The summed E-state index contributed by atoms with van der Waals surface area (Å²) in [5.41, 5.74) is 2.96. The van der Waals surface area contributed by atoms with E-state index in [1.54, 1.807) is 0 Å². The summed E-state index contributed by atoms with van der Waals surface area (Å²) in [4.78, 5) is 29.4. The normalized spacial score (nSPS) is 13.7. The quantitative estimate of drug-likeness (QED) is 0.642. The number of benzene rings is 1. The molecule has 0 bridgehead atoms. The molecule has 1 aromatic carbocycles. The highest BCUT2D eigenvalue weighted by Gasteiger charge is 2.30. The third-order valence-electron chi connectivity index (χ3n) is 5.37. The Hall–Kier alpha value is -2.04. The molecule has 0 unspecified atom stereocenters. The number of hydrogen-bond donors (Lipinski definition) is 1. The van der Waals surface area contributed by atoms with Gasteiger partial charge in [0.2, 0.25) is 11.8 Å². The fourth-order valence-electron chi connectivity index (χ4n) is 3.59. The zero-order valence-corrected chi connectivity index (χ0v) is 18.4. The number of carbonyl (C=O) groups is 2. The van der Waals surface area contributed by atoms with Crippen LogP contribution < -0.4 is 10.2 Å². The van der Waals surface area contributed by atoms with Gasteiger partial charge in [0.05, 0.1) is 0 Å². The van der Waals surface area contributed by atoms with Gasteiger partial charge < -0.3 is 15.1 Å². The van der Waals surface area contributed by atoms with E-state index >= 15 is 0 Å². The van der Waals surface area contributed by atoms with Crippen molar-refractivity contribution in [3.63, 3.8) is 0 Å². The molecule has 0 radical (unpaired) electrons. The molecule has 5 heteroatoms. The Morgan fingerprint density at radius 3 is 2.29 bits per heavy atom. The van der Waals surface area contributed by atoms with Crippen LogP contribution in [0.25, 0.3) is 0 Å². The van der Waals surface area contributed by atoms with Crippen molar-refractivity contribution in [3.05, 3.63) is 23.8 Å². The Labute approximate surface area is 170 Å². The van der Waals surface area contributed by atoms with Crippen LogP contribution in [0, 0.1) is 17.8 Å². The van der Waals surface area contributed by atoms with E-state index in [2.05, 4.69) is 37.9 Å². The number of nitrogens with one attached hydrogen (secondary N) is 1. The van der Waals surface area contributed by atoms with E-state index in [1.807, 2.05) is 37.2 Å². The van der Waals surface area contributed by atoms with E-state index in [0.717, 1.165) is 49.2 Å². The summed E-state index contributed by atoms with van der Waals surface area (Å²) >= 11 is 0. The Kier molecular flexibility index (Phi) is 7.90. The molecule has 28 heavy (non-hydrogen) atoms. The molecule has 156 valence electrons. The second-order valence-corrected chi connectivity index (χ2v) is 8.63. The molecule has 1 aliphatic rings. The average Bonchev–Trinajstić information content (AvgIpc) is 3.47. The highest BCUT2D eigenvalue weighted by atomic mass is 16.2. The summed E-state index contributed by atoms with van der Waals surface area (Å²) in [6, 6.07) is 6.02. The molecule has 5 nitrogen and oxygen atoms in total. The molecule has 1 aliphatic carbocycles. The first kappa shape index (κ1) is 22.3. The summed E-state index contributed by atoms with van der Waals surface area (Å²) in [7, 11) is 4.02. The first-order valence-electron chi connectivity index (χ1n) is 10.7. The van der Waals surface area contributed by atoms with Gasteiger partial charge in [-0.3, -0.25) is 9.59 Å². The fourth-order valence-corrected chi connectivity index (χ4v) is 3.59. The standard InChI is InChI=1S/C23H37N3O2/c1-7-17(8-2)23(28)26(14-16(3)4)15-19-13-20(11-12-21(19)25(5)6)24-22(27)18-9-10-18/h11-13,16-18H,7-10,14-15H2,1-6H3,(H,24,27). The van der Waals surface area contributed by atoms with E-state index in [9.17, 15) is 9.59 Å². The summed E-state index contributed by atoms with van der Waals surface area (Å²) in [6.45, 7) is 9.76. The maximum Gasteiger partial charge on any atom is 0.227 e. The summed E-state index contributed by atoms with van der Waals surface area (Å²) in [5.74, 6) is 0.982. The smallest absolute Gasteiger partial charge is 0.227 e. The van der Waals surface area contributed by atoms with Crippen molar-refractivity contribution in [3.8, 4) is 0 Å². The van der Waals surface area contributed by atoms with Gasteiger partial charge in [0.25, 0.3) is 0 Å². The number of amides is 2. The van der Waals surface area contributed by atoms with Gasteiger partial charge in [-0.05, 0) is 55.4 Å². The van der Waals surface area contributed by atoms with Gasteiger partial charge >= 0.3 is 0 Å². The number of rotatable bonds is 10. The molecule has 1 N–H and O–H groups in total. The molecule has 0 spiro atoms. The van der Waals surface area contributed by atoms with Gasteiger partial charge in [0, 0.05) is 50.4 Å². The van der Waals surface area contributed by atoms with Crippen LogP contribution in [0.4, 0.5) is 11.4 Å². The molecule has 2 amide bonds. The van der Waals surface area contributed by atoms with Crippen LogP contribution in [-0.4, -0.2) is 37.4 Å². The van der Waals surface area contributed by atoms with Gasteiger partial charge in [-0.1, -0.05) is 27.7 Å². The molecule has 0 atom stereocenters. The maximum absolute atomic E-state index is 13.1. The van der Waals surface area contributed by atoms with Crippen molar-refractivity contribution < 1.29 is 9.59 Å². The Balaban J connectivity index is 2.28. The first-order chi connectivity index (χ1) is 13.3. The maximum atomic E-state index is 13.1. The number of anilines is 2. The van der Waals surface area contributed by atoms with Crippen molar-refractivity contribution in [2.75, 3.05) is 30.9 Å².